The van der Waals surface area contributed by atoms with Gasteiger partial charge in [0.15, 0.2) is 5.16 Å². The van der Waals surface area contributed by atoms with Crippen molar-refractivity contribution in [2.75, 3.05) is 6.26 Å². The molecule has 84 valence electrons. The summed E-state index contributed by atoms with van der Waals surface area (Å²) >= 11 is 0.887. The second kappa shape index (κ2) is 3.92. The third-order valence-corrected chi connectivity index (χ3v) is 2.06. The predicted octanol–water partition coefficient (Wildman–Crippen LogP) is 2.85. The summed E-state index contributed by atoms with van der Waals surface area (Å²) in [6, 6.07) is 0.549. The third kappa shape index (κ3) is 2.36. The van der Waals surface area contributed by atoms with Crippen molar-refractivity contribution in [3.8, 4) is 0 Å². The maximum atomic E-state index is 12.8. The van der Waals surface area contributed by atoms with E-state index in [1.165, 1.54) is 6.26 Å². The standard InChI is InChI=1S/C7H5F5N2S/c1-15-5-13-3-2-4(14-5)6(8,9)7(10,11)12/h2-3H,1H3. The average molecular weight is 244 g/mol. The molecule has 15 heavy (non-hydrogen) atoms. The van der Waals surface area contributed by atoms with Gasteiger partial charge in [-0.15, -0.1) is 0 Å². The van der Waals surface area contributed by atoms with E-state index in [9.17, 15) is 22.0 Å². The summed E-state index contributed by atoms with van der Waals surface area (Å²) in [6.07, 6.45) is -3.30. The second-order valence-corrected chi connectivity index (χ2v) is 3.27. The van der Waals surface area contributed by atoms with Crippen LogP contribution < -0.4 is 0 Å². The lowest BCUT2D eigenvalue weighted by molar-refractivity contribution is -0.291. The van der Waals surface area contributed by atoms with Crippen molar-refractivity contribution >= 4 is 11.8 Å². The largest absolute Gasteiger partial charge is 0.459 e. The Morgan fingerprint density at radius 3 is 2.27 bits per heavy atom. The summed E-state index contributed by atoms with van der Waals surface area (Å²) < 4.78 is 61.3. The van der Waals surface area contributed by atoms with Crippen LogP contribution in [0.3, 0.4) is 0 Å². The lowest BCUT2D eigenvalue weighted by atomic mass is 10.2. The van der Waals surface area contributed by atoms with Crippen LogP contribution in [0.5, 0.6) is 0 Å². The molecule has 1 rings (SSSR count). The van der Waals surface area contributed by atoms with Crippen LogP contribution in [-0.2, 0) is 5.92 Å². The van der Waals surface area contributed by atoms with Gasteiger partial charge in [-0.1, -0.05) is 11.8 Å². The molecule has 8 heteroatoms. The van der Waals surface area contributed by atoms with Crippen LogP contribution in [0.4, 0.5) is 22.0 Å². The van der Waals surface area contributed by atoms with Crippen molar-refractivity contribution in [2.45, 2.75) is 17.3 Å². The summed E-state index contributed by atoms with van der Waals surface area (Å²) in [4.78, 5) is 6.62. The summed E-state index contributed by atoms with van der Waals surface area (Å²) in [5.74, 6) is -4.94. The van der Waals surface area contributed by atoms with E-state index in [0.29, 0.717) is 6.07 Å². The van der Waals surface area contributed by atoms with Gasteiger partial charge in [-0.2, -0.15) is 22.0 Å². The molecule has 1 aromatic rings. The van der Waals surface area contributed by atoms with Crippen molar-refractivity contribution < 1.29 is 22.0 Å². The number of halogens is 5. The summed E-state index contributed by atoms with van der Waals surface area (Å²) in [7, 11) is 0. The lowest BCUT2D eigenvalue weighted by Crippen LogP contribution is -2.34. The number of aromatic nitrogens is 2. The summed E-state index contributed by atoms with van der Waals surface area (Å²) in [6.45, 7) is 0. The highest BCUT2D eigenvalue weighted by atomic mass is 32.2. The zero-order chi connectivity index (χ0) is 11.7. The fraction of sp³-hybridized carbons (Fsp3) is 0.429. The van der Waals surface area contributed by atoms with Gasteiger partial charge in [0, 0.05) is 6.20 Å². The fourth-order valence-electron chi connectivity index (χ4n) is 0.759. The van der Waals surface area contributed by atoms with Gasteiger partial charge < -0.3 is 0 Å². The van der Waals surface area contributed by atoms with Crippen LogP contribution in [0.1, 0.15) is 5.69 Å². The van der Waals surface area contributed by atoms with E-state index in [-0.39, 0.29) is 5.16 Å². The van der Waals surface area contributed by atoms with Crippen LogP contribution in [0.25, 0.3) is 0 Å². The number of thioether (sulfide) groups is 1. The molecule has 0 aliphatic rings. The van der Waals surface area contributed by atoms with Crippen LogP contribution in [0.2, 0.25) is 0 Å². The smallest absolute Gasteiger partial charge is 0.231 e. The van der Waals surface area contributed by atoms with Gasteiger partial charge in [-0.05, 0) is 12.3 Å². The normalized spacial score (nSPS) is 12.9. The van der Waals surface area contributed by atoms with Crippen molar-refractivity contribution in [3.05, 3.63) is 18.0 Å². The summed E-state index contributed by atoms with van der Waals surface area (Å²) in [5.41, 5.74) is -1.34. The third-order valence-electron chi connectivity index (χ3n) is 1.49. The van der Waals surface area contributed by atoms with E-state index in [4.69, 9.17) is 0 Å². The second-order valence-electron chi connectivity index (χ2n) is 2.50. The molecule has 0 aromatic carbocycles. The number of rotatable bonds is 2. The Hall–Kier alpha value is -0.920. The van der Waals surface area contributed by atoms with Crippen LogP contribution >= 0.6 is 11.8 Å². The molecule has 1 aromatic heterocycles. The molecule has 0 saturated heterocycles. The van der Waals surface area contributed by atoms with Gasteiger partial charge in [0.25, 0.3) is 0 Å². The van der Waals surface area contributed by atoms with Gasteiger partial charge >= 0.3 is 12.1 Å². The molecule has 0 saturated carbocycles. The molecule has 0 amide bonds. The molecular formula is C7H5F5N2S. The minimum Gasteiger partial charge on any atom is -0.231 e. The molecule has 0 fully saturated rings. The minimum absolute atomic E-state index is 0.128. The van der Waals surface area contributed by atoms with Crippen LogP contribution in [0.15, 0.2) is 17.4 Å². The van der Waals surface area contributed by atoms with E-state index < -0.39 is 17.8 Å². The number of alkyl halides is 5. The van der Waals surface area contributed by atoms with Gasteiger partial charge in [0.05, 0.1) is 0 Å². The minimum atomic E-state index is -5.64. The highest BCUT2D eigenvalue weighted by Gasteiger charge is 2.60. The maximum Gasteiger partial charge on any atom is 0.459 e. The van der Waals surface area contributed by atoms with E-state index in [1.54, 1.807) is 0 Å². The monoisotopic (exact) mass is 244 g/mol. The molecular weight excluding hydrogens is 239 g/mol. The van der Waals surface area contributed by atoms with Crippen molar-refractivity contribution in [2.24, 2.45) is 0 Å². The highest BCUT2D eigenvalue weighted by Crippen LogP contribution is 2.42. The molecule has 0 N–H and O–H groups in total. The van der Waals surface area contributed by atoms with E-state index in [2.05, 4.69) is 9.97 Å². The Kier molecular flexibility index (Phi) is 3.17. The molecule has 0 bridgehead atoms. The number of nitrogens with zero attached hydrogens (tertiary/aromatic N) is 2. The molecule has 0 spiro atoms. The molecule has 2 nitrogen and oxygen atoms in total. The Morgan fingerprint density at radius 1 is 1.20 bits per heavy atom. The Balaban J connectivity index is 3.15. The predicted molar refractivity (Wildman–Crippen MR) is 43.8 cm³/mol. The Bertz CT molecular complexity index is 351. The molecule has 0 aliphatic carbocycles. The molecule has 0 unspecified atom stereocenters. The zero-order valence-electron chi connectivity index (χ0n) is 7.35. The first-order valence-electron chi connectivity index (χ1n) is 3.61. The number of hydrogen-bond donors (Lipinski definition) is 0. The zero-order valence-corrected chi connectivity index (χ0v) is 8.16. The number of hydrogen-bond acceptors (Lipinski definition) is 3. The molecule has 1 heterocycles. The van der Waals surface area contributed by atoms with Crippen LogP contribution in [0, 0.1) is 0 Å². The molecule has 0 aliphatic heterocycles. The van der Waals surface area contributed by atoms with Crippen LogP contribution in [-0.4, -0.2) is 22.4 Å². The van der Waals surface area contributed by atoms with E-state index >= 15 is 0 Å². The van der Waals surface area contributed by atoms with Gasteiger partial charge in [-0.3, -0.25) is 0 Å². The Morgan fingerprint density at radius 2 is 1.80 bits per heavy atom. The molecule has 0 atom stereocenters. The van der Waals surface area contributed by atoms with Gasteiger partial charge in [0.1, 0.15) is 5.69 Å². The quantitative estimate of drug-likeness (QED) is 0.454. The first kappa shape index (κ1) is 12.2. The van der Waals surface area contributed by atoms with Gasteiger partial charge in [0.2, 0.25) is 0 Å². The molecule has 0 radical (unpaired) electrons. The van der Waals surface area contributed by atoms with Crippen molar-refractivity contribution in [1.82, 2.24) is 9.97 Å². The maximum absolute atomic E-state index is 12.8. The topological polar surface area (TPSA) is 25.8 Å². The first-order valence-corrected chi connectivity index (χ1v) is 4.83. The average Bonchev–Trinajstić information content (AvgIpc) is 2.16. The van der Waals surface area contributed by atoms with Gasteiger partial charge in [-0.25, -0.2) is 9.97 Å². The SMILES string of the molecule is CSc1nccc(C(F)(F)C(F)(F)F)n1. The van der Waals surface area contributed by atoms with E-state index in [1.807, 2.05) is 0 Å². The summed E-state index contributed by atoms with van der Waals surface area (Å²) in [5, 5.41) is -0.128. The van der Waals surface area contributed by atoms with Crippen molar-refractivity contribution in [3.63, 3.8) is 0 Å². The van der Waals surface area contributed by atoms with Crippen molar-refractivity contribution in [1.29, 1.82) is 0 Å². The Labute approximate surface area is 85.9 Å². The lowest BCUT2D eigenvalue weighted by Gasteiger charge is -2.18. The highest BCUT2D eigenvalue weighted by molar-refractivity contribution is 7.98. The van der Waals surface area contributed by atoms with E-state index in [0.717, 1.165) is 18.0 Å². The first-order chi connectivity index (χ1) is 6.79. The fourth-order valence-corrected chi connectivity index (χ4v) is 1.12.